The second-order valence-electron chi connectivity index (χ2n) is 8.16. The highest BCUT2D eigenvalue weighted by atomic mass is 16.6. The van der Waals surface area contributed by atoms with E-state index in [2.05, 4.69) is 27.7 Å². The molecule has 0 amide bonds. The Labute approximate surface area is 121 Å². The molecule has 4 atom stereocenters. The Morgan fingerprint density at radius 2 is 1.90 bits per heavy atom. The normalized spacial score (nSPS) is 48.6. The number of carbonyl (C=O) groups is 1. The van der Waals surface area contributed by atoms with Gasteiger partial charge in [-0.25, -0.2) is 4.79 Å². The zero-order chi connectivity index (χ0) is 14.8. The molecule has 1 N–H and O–H groups in total. The number of rotatable bonds is 0. The molecule has 3 heteroatoms. The summed E-state index contributed by atoms with van der Waals surface area (Å²) in [6, 6.07) is 0. The van der Waals surface area contributed by atoms with Crippen LogP contribution < -0.4 is 0 Å². The lowest BCUT2D eigenvalue weighted by molar-refractivity contribution is -0.164. The number of hydrogen-bond acceptors (Lipinski definition) is 3. The number of ether oxygens (including phenoxy) is 1. The van der Waals surface area contributed by atoms with Gasteiger partial charge >= 0.3 is 5.97 Å². The first kappa shape index (κ1) is 14.0. The Balaban J connectivity index is 2.10. The van der Waals surface area contributed by atoms with Crippen molar-refractivity contribution in [2.75, 3.05) is 0 Å². The molecule has 1 aliphatic heterocycles. The number of carbonyl (C=O) groups excluding carboxylic acids is 1. The Hall–Kier alpha value is -0.990. The number of aliphatic hydroxyl groups excluding tert-OH is 1. The minimum atomic E-state index is -0.426. The van der Waals surface area contributed by atoms with Crippen molar-refractivity contribution in [1.82, 2.24) is 0 Å². The molecule has 3 rings (SSSR count). The second-order valence-corrected chi connectivity index (χ2v) is 8.16. The lowest BCUT2D eigenvalue weighted by atomic mass is 9.45. The first-order valence-electron chi connectivity index (χ1n) is 7.82. The van der Waals surface area contributed by atoms with E-state index in [0.29, 0.717) is 16.9 Å². The van der Waals surface area contributed by atoms with Crippen LogP contribution in [-0.2, 0) is 9.53 Å². The first-order valence-corrected chi connectivity index (χ1v) is 7.82. The zero-order valence-corrected chi connectivity index (χ0v) is 13.0. The van der Waals surface area contributed by atoms with E-state index in [-0.39, 0.29) is 17.3 Å². The van der Waals surface area contributed by atoms with Crippen molar-refractivity contribution in [2.24, 2.45) is 22.7 Å². The van der Waals surface area contributed by atoms with E-state index in [1.54, 1.807) is 0 Å². The van der Waals surface area contributed by atoms with E-state index in [4.69, 9.17) is 4.74 Å². The molecule has 112 valence electrons. The van der Waals surface area contributed by atoms with Gasteiger partial charge in [0.2, 0.25) is 0 Å². The summed E-state index contributed by atoms with van der Waals surface area (Å²) < 4.78 is 5.67. The summed E-state index contributed by atoms with van der Waals surface area (Å²) in [7, 11) is 0. The van der Waals surface area contributed by atoms with Crippen molar-refractivity contribution < 1.29 is 14.6 Å². The van der Waals surface area contributed by atoms with Crippen LogP contribution in [0.15, 0.2) is 11.8 Å². The van der Waals surface area contributed by atoms with Gasteiger partial charge in [-0.2, -0.15) is 0 Å². The second kappa shape index (κ2) is 4.02. The van der Waals surface area contributed by atoms with Crippen LogP contribution in [0.4, 0.5) is 0 Å². The van der Waals surface area contributed by atoms with E-state index in [9.17, 15) is 9.90 Å². The van der Waals surface area contributed by atoms with Crippen LogP contribution in [0.5, 0.6) is 0 Å². The van der Waals surface area contributed by atoms with Gasteiger partial charge in [-0.15, -0.1) is 0 Å². The van der Waals surface area contributed by atoms with Gasteiger partial charge in [-0.3, -0.25) is 0 Å². The minimum absolute atomic E-state index is 0.0332. The highest BCUT2D eigenvalue weighted by Crippen LogP contribution is 2.65. The van der Waals surface area contributed by atoms with Crippen molar-refractivity contribution >= 4 is 5.97 Å². The molecule has 0 bridgehead atoms. The van der Waals surface area contributed by atoms with Crippen LogP contribution in [0.3, 0.4) is 0 Å². The molecule has 1 unspecified atom stereocenters. The Bertz CT molecular complexity index is 479. The van der Waals surface area contributed by atoms with Crippen LogP contribution in [0.2, 0.25) is 0 Å². The SMILES string of the molecule is CC1(C)CCC[C@@]2(C)C1CC[C@@]1(C)OC(=O)/C(=C\O)[C@@H]12. The average molecular weight is 278 g/mol. The van der Waals surface area contributed by atoms with Crippen LogP contribution in [-0.4, -0.2) is 16.7 Å². The summed E-state index contributed by atoms with van der Waals surface area (Å²) >= 11 is 0. The number of esters is 1. The van der Waals surface area contributed by atoms with Gasteiger partial charge in [0.1, 0.15) is 5.60 Å². The Kier molecular flexibility index (Phi) is 2.81. The molecule has 3 fully saturated rings. The standard InChI is InChI=1S/C17H26O3/c1-15(2)7-5-8-16(3)12(15)6-9-17(4)13(16)11(10-18)14(19)20-17/h10,12-13,18H,5-9H2,1-4H3/b11-10-/t12?,13-,16+,17-/m1/s1. The molecule has 1 saturated heterocycles. The molecule has 0 spiro atoms. The zero-order valence-electron chi connectivity index (χ0n) is 13.0. The molecule has 3 nitrogen and oxygen atoms in total. The maximum atomic E-state index is 12.1. The van der Waals surface area contributed by atoms with Crippen molar-refractivity contribution in [3.63, 3.8) is 0 Å². The molecule has 0 aromatic rings. The van der Waals surface area contributed by atoms with Gasteiger partial charge in [-0.05, 0) is 49.4 Å². The van der Waals surface area contributed by atoms with Gasteiger partial charge in [-0.1, -0.05) is 27.2 Å². The molecule has 0 aromatic heterocycles. The van der Waals surface area contributed by atoms with Crippen LogP contribution in [0.1, 0.15) is 59.8 Å². The maximum Gasteiger partial charge on any atom is 0.338 e. The average Bonchev–Trinajstić information content (AvgIpc) is 2.59. The predicted octanol–water partition coefficient (Wildman–Crippen LogP) is 3.99. The topological polar surface area (TPSA) is 46.5 Å². The van der Waals surface area contributed by atoms with E-state index >= 15 is 0 Å². The molecule has 0 aromatic carbocycles. The summed E-state index contributed by atoms with van der Waals surface area (Å²) in [6.45, 7) is 9.08. The molecule has 0 radical (unpaired) electrons. The third-order valence-electron chi connectivity index (χ3n) is 6.49. The molecule has 2 aliphatic carbocycles. The van der Waals surface area contributed by atoms with Gasteiger partial charge in [0, 0.05) is 5.92 Å². The largest absolute Gasteiger partial charge is 0.515 e. The molecule has 20 heavy (non-hydrogen) atoms. The molecular formula is C17H26O3. The van der Waals surface area contributed by atoms with Gasteiger partial charge < -0.3 is 9.84 Å². The fourth-order valence-corrected chi connectivity index (χ4v) is 5.81. The van der Waals surface area contributed by atoms with Crippen molar-refractivity contribution in [2.45, 2.75) is 65.4 Å². The van der Waals surface area contributed by atoms with Crippen molar-refractivity contribution in [3.8, 4) is 0 Å². The lowest BCUT2D eigenvalue weighted by Crippen LogP contribution is -2.56. The smallest absolute Gasteiger partial charge is 0.338 e. The molecule has 2 saturated carbocycles. The summed E-state index contributed by atoms with van der Waals surface area (Å²) in [6.07, 6.45) is 6.60. The van der Waals surface area contributed by atoms with E-state index in [1.807, 2.05) is 0 Å². The van der Waals surface area contributed by atoms with E-state index in [1.165, 1.54) is 12.8 Å². The Morgan fingerprint density at radius 1 is 1.20 bits per heavy atom. The third kappa shape index (κ3) is 1.61. The summed E-state index contributed by atoms with van der Waals surface area (Å²) in [5.41, 5.74) is 0.428. The highest BCUT2D eigenvalue weighted by molar-refractivity contribution is 5.92. The molecular weight excluding hydrogens is 252 g/mol. The molecule has 3 aliphatic rings. The number of hydrogen-bond donors (Lipinski definition) is 1. The monoisotopic (exact) mass is 278 g/mol. The van der Waals surface area contributed by atoms with Crippen LogP contribution >= 0.6 is 0 Å². The van der Waals surface area contributed by atoms with Crippen molar-refractivity contribution in [3.05, 3.63) is 11.8 Å². The van der Waals surface area contributed by atoms with E-state index in [0.717, 1.165) is 25.5 Å². The molecule has 1 heterocycles. The van der Waals surface area contributed by atoms with Gasteiger partial charge in [0.25, 0.3) is 0 Å². The predicted molar refractivity (Wildman–Crippen MR) is 77.2 cm³/mol. The Morgan fingerprint density at radius 3 is 2.55 bits per heavy atom. The van der Waals surface area contributed by atoms with Crippen LogP contribution in [0, 0.1) is 22.7 Å². The minimum Gasteiger partial charge on any atom is -0.515 e. The van der Waals surface area contributed by atoms with Gasteiger partial charge in [0.05, 0.1) is 11.8 Å². The summed E-state index contributed by atoms with van der Waals surface area (Å²) in [5.74, 6) is 0.308. The summed E-state index contributed by atoms with van der Waals surface area (Å²) in [5, 5.41) is 9.56. The first-order chi connectivity index (χ1) is 9.24. The quantitative estimate of drug-likeness (QED) is 0.414. The fourth-order valence-electron chi connectivity index (χ4n) is 5.81. The van der Waals surface area contributed by atoms with Crippen LogP contribution in [0.25, 0.3) is 0 Å². The highest BCUT2D eigenvalue weighted by Gasteiger charge is 2.64. The summed E-state index contributed by atoms with van der Waals surface area (Å²) in [4.78, 5) is 12.1. The van der Waals surface area contributed by atoms with E-state index < -0.39 is 5.60 Å². The van der Waals surface area contributed by atoms with Crippen molar-refractivity contribution in [1.29, 1.82) is 0 Å². The number of aliphatic hydroxyl groups is 1. The lowest BCUT2D eigenvalue weighted by Gasteiger charge is -2.59. The third-order valence-corrected chi connectivity index (χ3v) is 6.49. The fraction of sp³-hybridized carbons (Fsp3) is 0.824. The maximum absolute atomic E-state index is 12.1. The van der Waals surface area contributed by atoms with Gasteiger partial charge in [0.15, 0.2) is 0 Å². The number of fused-ring (bicyclic) bond motifs is 3.